The molecule has 1 aromatic carbocycles. The monoisotopic (exact) mass is 864 g/mol. The molecule has 330 valence electrons. The normalized spacial score (nSPS) is 29.1. The zero-order valence-electron chi connectivity index (χ0n) is 37.7. The standard InChI is InChI=1S/C46H76O9S2Si/c1-32(2)39-20-19-33(3)26-45(39)53-36(25-41(48)54-45)23-35(47)24-40(55-58(11,12)42(4,5)6)43(7,8)46(56-21-16-22-57-46)29-37-27-44(49-9,50-10)28-38(52-37)31-51-30-34-17-14-13-15-18-34/h13-15,17-18,25,32-33,35,37-40,47H,16,19-24,26-31H2,1-12H3/t33-,35+,37+,38-,39+,40+,45-/m1/s1. The van der Waals surface area contributed by atoms with Crippen LogP contribution in [0.15, 0.2) is 42.2 Å². The second kappa shape index (κ2) is 19.5. The van der Waals surface area contributed by atoms with Gasteiger partial charge in [0.2, 0.25) is 0 Å². The Bertz CT molecular complexity index is 1500. The Hall–Kier alpha value is -1.09. The fraction of sp³-hybridized carbons (Fsp3) is 0.804. The van der Waals surface area contributed by atoms with Gasteiger partial charge >= 0.3 is 5.97 Å². The van der Waals surface area contributed by atoms with Crippen LogP contribution in [0.25, 0.3) is 0 Å². The van der Waals surface area contributed by atoms with Crippen molar-refractivity contribution in [3.8, 4) is 0 Å². The van der Waals surface area contributed by atoms with E-state index in [9.17, 15) is 9.90 Å². The van der Waals surface area contributed by atoms with Crippen LogP contribution in [-0.2, 0) is 44.2 Å². The van der Waals surface area contributed by atoms with E-state index >= 15 is 0 Å². The minimum absolute atomic E-state index is 0.0447. The molecule has 2 saturated heterocycles. The number of carbonyl (C=O) groups is 1. The van der Waals surface area contributed by atoms with Gasteiger partial charge in [-0.15, -0.1) is 23.5 Å². The third kappa shape index (κ3) is 11.3. The summed E-state index contributed by atoms with van der Waals surface area (Å²) >= 11 is 4.02. The third-order valence-corrected chi connectivity index (χ3v) is 22.4. The summed E-state index contributed by atoms with van der Waals surface area (Å²) < 4.78 is 45.4. The van der Waals surface area contributed by atoms with Crippen molar-refractivity contribution in [3.63, 3.8) is 0 Å². The summed E-state index contributed by atoms with van der Waals surface area (Å²) in [5.41, 5.74) is 0.700. The molecule has 1 aliphatic carbocycles. The molecule has 7 atom stereocenters. The van der Waals surface area contributed by atoms with Gasteiger partial charge in [0.25, 0.3) is 5.79 Å². The van der Waals surface area contributed by atoms with Gasteiger partial charge in [0.05, 0.1) is 47.8 Å². The van der Waals surface area contributed by atoms with E-state index in [1.165, 1.54) is 6.08 Å². The van der Waals surface area contributed by atoms with Crippen LogP contribution in [0.2, 0.25) is 18.1 Å². The minimum Gasteiger partial charge on any atom is -0.456 e. The quantitative estimate of drug-likeness (QED) is 0.0920. The molecule has 12 heteroatoms. The maximum atomic E-state index is 13.2. The molecule has 0 radical (unpaired) electrons. The molecule has 4 aliphatic rings. The van der Waals surface area contributed by atoms with Crippen molar-refractivity contribution in [1.82, 2.24) is 0 Å². The maximum Gasteiger partial charge on any atom is 0.337 e. The Kier molecular flexibility index (Phi) is 16.1. The van der Waals surface area contributed by atoms with Crippen LogP contribution in [-0.4, -0.2) is 91.8 Å². The van der Waals surface area contributed by atoms with Crippen molar-refractivity contribution >= 4 is 37.8 Å². The van der Waals surface area contributed by atoms with E-state index in [-0.39, 0.29) is 51.7 Å². The van der Waals surface area contributed by atoms with Crippen LogP contribution in [0.1, 0.15) is 119 Å². The predicted octanol–water partition coefficient (Wildman–Crippen LogP) is 10.5. The van der Waals surface area contributed by atoms with Gasteiger partial charge in [0.15, 0.2) is 14.1 Å². The molecule has 1 aromatic rings. The van der Waals surface area contributed by atoms with Crippen molar-refractivity contribution in [3.05, 3.63) is 47.7 Å². The lowest BCUT2D eigenvalue weighted by molar-refractivity contribution is -0.278. The number of aliphatic hydroxyl groups is 1. The number of rotatable bonds is 17. The second-order valence-electron chi connectivity index (χ2n) is 20.0. The fourth-order valence-electron chi connectivity index (χ4n) is 9.32. The van der Waals surface area contributed by atoms with Crippen LogP contribution in [0.3, 0.4) is 0 Å². The van der Waals surface area contributed by atoms with Gasteiger partial charge in [0.1, 0.15) is 5.76 Å². The van der Waals surface area contributed by atoms with Gasteiger partial charge < -0.3 is 38.0 Å². The number of methoxy groups -OCH3 is 2. The average Bonchev–Trinajstić information content (AvgIpc) is 3.14. The van der Waals surface area contributed by atoms with Gasteiger partial charge in [-0.25, -0.2) is 4.79 Å². The first kappa shape index (κ1) is 47.9. The van der Waals surface area contributed by atoms with Crippen LogP contribution in [0.5, 0.6) is 0 Å². The zero-order chi connectivity index (χ0) is 42.6. The highest BCUT2D eigenvalue weighted by atomic mass is 32.2. The molecule has 3 aliphatic heterocycles. The van der Waals surface area contributed by atoms with Crippen LogP contribution < -0.4 is 0 Å². The minimum atomic E-state index is -2.34. The molecule has 0 aromatic heterocycles. The number of thioether (sulfide) groups is 2. The van der Waals surface area contributed by atoms with Crippen molar-refractivity contribution in [2.24, 2.45) is 23.2 Å². The summed E-state index contributed by atoms with van der Waals surface area (Å²) in [5, 5.41) is 12.1. The van der Waals surface area contributed by atoms with Gasteiger partial charge in [0, 0.05) is 51.2 Å². The molecule has 9 nitrogen and oxygen atoms in total. The smallest absolute Gasteiger partial charge is 0.337 e. The predicted molar refractivity (Wildman–Crippen MR) is 238 cm³/mol. The van der Waals surface area contributed by atoms with Crippen LogP contribution in [0.4, 0.5) is 0 Å². The summed E-state index contributed by atoms with van der Waals surface area (Å²) in [6.07, 6.45) is 6.35. The molecule has 0 unspecified atom stereocenters. The van der Waals surface area contributed by atoms with E-state index in [0.717, 1.165) is 42.8 Å². The summed E-state index contributed by atoms with van der Waals surface area (Å²) in [4.78, 5) is 13.2. The molecule has 5 rings (SSSR count). The number of aliphatic hydroxyl groups excluding tert-OH is 1. The molecule has 3 fully saturated rings. The first-order chi connectivity index (χ1) is 27.2. The Morgan fingerprint density at radius 1 is 0.948 bits per heavy atom. The number of hydrogen-bond donors (Lipinski definition) is 1. The van der Waals surface area contributed by atoms with Crippen molar-refractivity contribution in [1.29, 1.82) is 0 Å². The number of hydrogen-bond acceptors (Lipinski definition) is 11. The third-order valence-electron chi connectivity index (χ3n) is 13.9. The average molecular weight is 865 g/mol. The van der Waals surface area contributed by atoms with Crippen molar-refractivity contribution < 1.29 is 42.7 Å². The maximum absolute atomic E-state index is 13.2. The largest absolute Gasteiger partial charge is 0.456 e. The molecule has 3 heterocycles. The molecule has 0 amide bonds. The van der Waals surface area contributed by atoms with Crippen LogP contribution in [0, 0.1) is 23.2 Å². The summed E-state index contributed by atoms with van der Waals surface area (Å²) in [6.45, 7) is 23.6. The van der Waals surface area contributed by atoms with E-state index in [2.05, 4.69) is 80.6 Å². The number of benzene rings is 1. The topological polar surface area (TPSA) is 102 Å². The van der Waals surface area contributed by atoms with Gasteiger partial charge in [-0.2, -0.15) is 0 Å². The lowest BCUT2D eigenvalue weighted by Crippen LogP contribution is -2.58. The summed E-state index contributed by atoms with van der Waals surface area (Å²) in [5.74, 6) is 1.17. The Labute approximate surface area is 360 Å². The number of ether oxygens (including phenoxy) is 6. The highest BCUT2D eigenvalue weighted by Crippen LogP contribution is 2.60. The van der Waals surface area contributed by atoms with E-state index in [1.807, 2.05) is 41.7 Å². The van der Waals surface area contributed by atoms with Crippen molar-refractivity contribution in [2.75, 3.05) is 32.3 Å². The van der Waals surface area contributed by atoms with Gasteiger partial charge in [-0.3, -0.25) is 0 Å². The van der Waals surface area contributed by atoms with Crippen molar-refractivity contribution in [2.45, 2.75) is 178 Å². The molecule has 0 bridgehead atoms. The Morgan fingerprint density at radius 3 is 2.22 bits per heavy atom. The van der Waals surface area contributed by atoms with Gasteiger partial charge in [-0.1, -0.05) is 85.7 Å². The fourth-order valence-corrected chi connectivity index (χ4v) is 14.6. The van der Waals surface area contributed by atoms with E-state index in [1.54, 1.807) is 14.2 Å². The molecule has 1 saturated carbocycles. The first-order valence-corrected chi connectivity index (χ1v) is 26.7. The van der Waals surface area contributed by atoms with E-state index in [4.69, 9.17) is 32.8 Å². The lowest BCUT2D eigenvalue weighted by atomic mass is 9.72. The molecular formula is C46H76O9S2Si. The summed E-state index contributed by atoms with van der Waals surface area (Å²) in [7, 11) is 1.11. The highest BCUT2D eigenvalue weighted by Gasteiger charge is 2.57. The Morgan fingerprint density at radius 2 is 1.60 bits per heavy atom. The molecule has 1 N–H and O–H groups in total. The van der Waals surface area contributed by atoms with E-state index in [0.29, 0.717) is 50.6 Å². The van der Waals surface area contributed by atoms with Crippen LogP contribution >= 0.6 is 23.5 Å². The molecule has 58 heavy (non-hydrogen) atoms. The molecular weight excluding hydrogens is 789 g/mol. The summed E-state index contributed by atoms with van der Waals surface area (Å²) in [6, 6.07) is 10.2. The highest BCUT2D eigenvalue weighted by molar-refractivity contribution is 8.18. The number of esters is 1. The SMILES string of the molecule is COC1(OC)C[C@H](COCc2ccccc2)O[C@H](CC2(C(C)(C)[C@H](C[C@@H](O)CC3=CC(=O)O[C@@]4(C[C@H](C)CC[C@H]4C(C)C)O3)O[Si](C)(C)C(C)(C)C)SCCCS2)C1. The number of carbonyl (C=O) groups excluding carboxylic acids is 1. The molecule has 1 spiro atoms. The second-order valence-corrected chi connectivity index (χ2v) is 27.8. The lowest BCUT2D eigenvalue weighted by Gasteiger charge is -2.56. The zero-order valence-corrected chi connectivity index (χ0v) is 40.4. The Balaban J connectivity index is 1.41. The van der Waals surface area contributed by atoms with E-state index < -0.39 is 31.4 Å². The first-order valence-electron chi connectivity index (χ1n) is 21.8. The van der Waals surface area contributed by atoms with Gasteiger partial charge in [-0.05, 0) is 79.1 Å².